The van der Waals surface area contributed by atoms with E-state index in [1.165, 1.54) is 5.56 Å². The van der Waals surface area contributed by atoms with Crippen molar-refractivity contribution in [3.05, 3.63) is 35.9 Å². The Morgan fingerprint density at radius 3 is 2.75 bits per heavy atom. The molecule has 1 aliphatic rings. The van der Waals surface area contributed by atoms with E-state index in [4.69, 9.17) is 4.74 Å². The second-order valence-corrected chi connectivity index (χ2v) is 6.66. The van der Waals surface area contributed by atoms with Crippen LogP contribution in [0.15, 0.2) is 35.3 Å². The van der Waals surface area contributed by atoms with E-state index >= 15 is 0 Å². The molecule has 1 aliphatic heterocycles. The number of hydrogen-bond donors (Lipinski definition) is 1. The molecular formula is C19H32N4O. The van der Waals surface area contributed by atoms with Gasteiger partial charge in [-0.15, -0.1) is 0 Å². The highest BCUT2D eigenvalue weighted by molar-refractivity contribution is 5.79. The molecule has 0 amide bonds. The highest BCUT2D eigenvalue weighted by atomic mass is 16.5. The zero-order valence-corrected chi connectivity index (χ0v) is 15.4. The average Bonchev–Trinajstić information content (AvgIpc) is 3.08. The summed E-state index contributed by atoms with van der Waals surface area (Å²) in [5.74, 6) is 1.61. The smallest absolute Gasteiger partial charge is 0.193 e. The molecule has 1 aromatic carbocycles. The van der Waals surface area contributed by atoms with Crippen LogP contribution in [-0.4, -0.2) is 69.8 Å². The van der Waals surface area contributed by atoms with Gasteiger partial charge in [0, 0.05) is 46.3 Å². The van der Waals surface area contributed by atoms with E-state index in [9.17, 15) is 0 Å². The molecule has 1 aromatic rings. The van der Waals surface area contributed by atoms with Crippen LogP contribution in [0.5, 0.6) is 0 Å². The van der Waals surface area contributed by atoms with Crippen LogP contribution in [-0.2, 0) is 11.3 Å². The Morgan fingerprint density at radius 1 is 1.29 bits per heavy atom. The SMILES string of the molecule is CN=C(NCCCN(C)Cc1ccccc1)N(C)CC1CCOC1. The lowest BCUT2D eigenvalue weighted by molar-refractivity contribution is 0.181. The molecule has 134 valence electrons. The lowest BCUT2D eigenvalue weighted by Gasteiger charge is -2.25. The summed E-state index contributed by atoms with van der Waals surface area (Å²) < 4.78 is 5.45. The minimum atomic E-state index is 0.630. The van der Waals surface area contributed by atoms with Gasteiger partial charge in [-0.2, -0.15) is 0 Å². The molecule has 1 fully saturated rings. The Balaban J connectivity index is 1.62. The first-order chi connectivity index (χ1) is 11.7. The van der Waals surface area contributed by atoms with Gasteiger partial charge in [0.1, 0.15) is 0 Å². The fourth-order valence-electron chi connectivity index (χ4n) is 3.11. The lowest BCUT2D eigenvalue weighted by atomic mass is 10.1. The van der Waals surface area contributed by atoms with Crippen LogP contribution >= 0.6 is 0 Å². The Bertz CT molecular complexity index is 485. The molecule has 1 saturated heterocycles. The van der Waals surface area contributed by atoms with E-state index in [0.29, 0.717) is 5.92 Å². The topological polar surface area (TPSA) is 40.1 Å². The predicted molar refractivity (Wildman–Crippen MR) is 100 cm³/mol. The van der Waals surface area contributed by atoms with E-state index < -0.39 is 0 Å². The van der Waals surface area contributed by atoms with Crippen LogP contribution in [0.2, 0.25) is 0 Å². The fraction of sp³-hybridized carbons (Fsp3) is 0.632. The standard InChI is InChI=1S/C19H32N4O/c1-20-19(23(3)15-18-10-13-24-16-18)21-11-7-12-22(2)14-17-8-5-4-6-9-17/h4-6,8-9,18H,7,10-16H2,1-3H3,(H,20,21). The number of guanidine groups is 1. The Labute approximate surface area is 146 Å². The van der Waals surface area contributed by atoms with Crippen molar-refractivity contribution < 1.29 is 4.74 Å². The van der Waals surface area contributed by atoms with E-state index in [2.05, 4.69) is 64.5 Å². The Kier molecular flexibility index (Phi) is 8.05. The molecule has 1 unspecified atom stereocenters. The lowest BCUT2D eigenvalue weighted by Crippen LogP contribution is -2.42. The number of benzene rings is 1. The molecule has 0 aromatic heterocycles. The van der Waals surface area contributed by atoms with Gasteiger partial charge in [0.15, 0.2) is 5.96 Å². The summed E-state index contributed by atoms with van der Waals surface area (Å²) >= 11 is 0. The Hall–Kier alpha value is -1.59. The van der Waals surface area contributed by atoms with Gasteiger partial charge in [-0.05, 0) is 32.0 Å². The molecule has 24 heavy (non-hydrogen) atoms. The second kappa shape index (κ2) is 10.3. The predicted octanol–water partition coefficient (Wildman–Crippen LogP) is 2.05. The molecule has 0 bridgehead atoms. The number of ether oxygens (including phenoxy) is 1. The van der Waals surface area contributed by atoms with Crippen molar-refractivity contribution in [3.8, 4) is 0 Å². The first-order valence-corrected chi connectivity index (χ1v) is 8.91. The van der Waals surface area contributed by atoms with Gasteiger partial charge < -0.3 is 19.9 Å². The maximum Gasteiger partial charge on any atom is 0.193 e. The highest BCUT2D eigenvalue weighted by Crippen LogP contribution is 2.13. The number of aliphatic imine (C=N–C) groups is 1. The Morgan fingerprint density at radius 2 is 2.08 bits per heavy atom. The molecular weight excluding hydrogens is 300 g/mol. The van der Waals surface area contributed by atoms with Gasteiger partial charge in [0.25, 0.3) is 0 Å². The van der Waals surface area contributed by atoms with E-state index in [0.717, 1.165) is 58.2 Å². The molecule has 5 heteroatoms. The second-order valence-electron chi connectivity index (χ2n) is 6.66. The minimum absolute atomic E-state index is 0.630. The largest absolute Gasteiger partial charge is 0.381 e. The number of rotatable bonds is 8. The highest BCUT2D eigenvalue weighted by Gasteiger charge is 2.18. The van der Waals surface area contributed by atoms with Crippen LogP contribution in [0.25, 0.3) is 0 Å². The summed E-state index contributed by atoms with van der Waals surface area (Å²) in [5, 5.41) is 3.47. The van der Waals surface area contributed by atoms with Gasteiger partial charge in [0.2, 0.25) is 0 Å². The first-order valence-electron chi connectivity index (χ1n) is 8.91. The molecule has 0 saturated carbocycles. The zero-order valence-electron chi connectivity index (χ0n) is 15.4. The molecule has 0 spiro atoms. The molecule has 0 aliphatic carbocycles. The van der Waals surface area contributed by atoms with Crippen molar-refractivity contribution in [3.63, 3.8) is 0 Å². The molecule has 0 radical (unpaired) electrons. The summed E-state index contributed by atoms with van der Waals surface area (Å²) in [6.07, 6.45) is 2.26. The van der Waals surface area contributed by atoms with Crippen LogP contribution in [0, 0.1) is 5.92 Å². The summed E-state index contributed by atoms with van der Waals surface area (Å²) in [4.78, 5) is 8.97. The van der Waals surface area contributed by atoms with Gasteiger partial charge >= 0.3 is 0 Å². The summed E-state index contributed by atoms with van der Waals surface area (Å²) in [6, 6.07) is 10.6. The van der Waals surface area contributed by atoms with Crippen molar-refractivity contribution in [1.29, 1.82) is 0 Å². The molecule has 1 heterocycles. The molecule has 5 nitrogen and oxygen atoms in total. The normalized spacial score (nSPS) is 18.2. The van der Waals surface area contributed by atoms with Gasteiger partial charge in [-0.25, -0.2) is 0 Å². The average molecular weight is 332 g/mol. The van der Waals surface area contributed by atoms with Crippen LogP contribution in [0.4, 0.5) is 0 Å². The van der Waals surface area contributed by atoms with Crippen molar-refractivity contribution in [2.45, 2.75) is 19.4 Å². The number of nitrogens with zero attached hydrogens (tertiary/aromatic N) is 3. The van der Waals surface area contributed by atoms with Crippen molar-refractivity contribution in [2.24, 2.45) is 10.9 Å². The number of nitrogens with one attached hydrogen (secondary N) is 1. The van der Waals surface area contributed by atoms with Crippen molar-refractivity contribution in [1.82, 2.24) is 15.1 Å². The third-order valence-corrected chi connectivity index (χ3v) is 4.42. The summed E-state index contributed by atoms with van der Waals surface area (Å²) in [5.41, 5.74) is 1.36. The quantitative estimate of drug-likeness (QED) is 0.449. The van der Waals surface area contributed by atoms with Gasteiger partial charge in [-0.1, -0.05) is 30.3 Å². The monoisotopic (exact) mass is 332 g/mol. The van der Waals surface area contributed by atoms with Crippen molar-refractivity contribution >= 4 is 5.96 Å². The van der Waals surface area contributed by atoms with Crippen LogP contribution < -0.4 is 5.32 Å². The van der Waals surface area contributed by atoms with Crippen LogP contribution in [0.1, 0.15) is 18.4 Å². The van der Waals surface area contributed by atoms with E-state index in [-0.39, 0.29) is 0 Å². The molecule has 2 rings (SSSR count). The number of hydrogen-bond acceptors (Lipinski definition) is 3. The van der Waals surface area contributed by atoms with E-state index in [1.54, 1.807) is 0 Å². The van der Waals surface area contributed by atoms with Gasteiger partial charge in [-0.3, -0.25) is 4.99 Å². The maximum atomic E-state index is 5.45. The third-order valence-electron chi connectivity index (χ3n) is 4.42. The minimum Gasteiger partial charge on any atom is -0.381 e. The third kappa shape index (κ3) is 6.49. The summed E-state index contributed by atoms with van der Waals surface area (Å²) in [7, 11) is 6.13. The summed E-state index contributed by atoms with van der Waals surface area (Å²) in [6.45, 7) is 5.80. The van der Waals surface area contributed by atoms with Crippen LogP contribution in [0.3, 0.4) is 0 Å². The zero-order chi connectivity index (χ0) is 17.2. The van der Waals surface area contributed by atoms with E-state index in [1.807, 2.05) is 7.05 Å². The fourth-order valence-corrected chi connectivity index (χ4v) is 3.11. The molecule has 1 N–H and O–H groups in total. The van der Waals surface area contributed by atoms with Crippen molar-refractivity contribution in [2.75, 3.05) is 54.0 Å². The first kappa shape index (κ1) is 18.7. The maximum absolute atomic E-state index is 5.45. The molecule has 1 atom stereocenters. The van der Waals surface area contributed by atoms with Gasteiger partial charge in [0.05, 0.1) is 6.61 Å².